The smallest absolute Gasteiger partial charge is 0.254 e. The first-order valence-electron chi connectivity index (χ1n) is 7.21. The molecular formula is C16H24N2O. The maximum atomic E-state index is 12.6. The van der Waals surface area contributed by atoms with Gasteiger partial charge in [-0.1, -0.05) is 19.1 Å². The van der Waals surface area contributed by atoms with Crippen molar-refractivity contribution in [3.63, 3.8) is 0 Å². The van der Waals surface area contributed by atoms with E-state index in [1.807, 2.05) is 29.2 Å². The number of benzene rings is 1. The monoisotopic (exact) mass is 260 g/mol. The standard InChI is InChI=1S/C16H24N2O/c1-12-7-9-18(13(2)10-12)16(19)15-5-3-4-14(11-15)6-8-17/h3-5,11-13H,6-10,17H2,1-2H3. The molecular weight excluding hydrogens is 236 g/mol. The SMILES string of the molecule is CC1CCN(C(=O)c2cccc(CCN)c2)C(C)C1. The highest BCUT2D eigenvalue weighted by Crippen LogP contribution is 2.24. The fourth-order valence-corrected chi connectivity index (χ4v) is 2.90. The minimum absolute atomic E-state index is 0.165. The van der Waals surface area contributed by atoms with Crippen LogP contribution in [0.25, 0.3) is 0 Å². The minimum Gasteiger partial charge on any atom is -0.336 e. The van der Waals surface area contributed by atoms with Crippen molar-refractivity contribution < 1.29 is 4.79 Å². The van der Waals surface area contributed by atoms with Gasteiger partial charge in [0.1, 0.15) is 0 Å². The van der Waals surface area contributed by atoms with Crippen LogP contribution in [-0.2, 0) is 6.42 Å². The summed E-state index contributed by atoms with van der Waals surface area (Å²) < 4.78 is 0. The van der Waals surface area contributed by atoms with Crippen molar-refractivity contribution in [1.29, 1.82) is 0 Å². The Kier molecular flexibility index (Phi) is 4.59. The van der Waals surface area contributed by atoms with Crippen LogP contribution in [0.5, 0.6) is 0 Å². The van der Waals surface area contributed by atoms with E-state index < -0.39 is 0 Å². The lowest BCUT2D eigenvalue weighted by atomic mass is 9.92. The summed E-state index contributed by atoms with van der Waals surface area (Å²) in [6, 6.07) is 8.22. The summed E-state index contributed by atoms with van der Waals surface area (Å²) in [5.74, 6) is 0.890. The largest absolute Gasteiger partial charge is 0.336 e. The van der Waals surface area contributed by atoms with Crippen LogP contribution in [0.2, 0.25) is 0 Å². The van der Waals surface area contributed by atoms with Crippen LogP contribution in [0, 0.1) is 5.92 Å². The van der Waals surface area contributed by atoms with Crippen LogP contribution in [0.3, 0.4) is 0 Å². The Hall–Kier alpha value is -1.35. The number of nitrogens with zero attached hydrogens (tertiary/aromatic N) is 1. The summed E-state index contributed by atoms with van der Waals surface area (Å²) in [5.41, 5.74) is 7.51. The molecule has 2 N–H and O–H groups in total. The van der Waals surface area contributed by atoms with Gasteiger partial charge in [-0.25, -0.2) is 0 Å². The van der Waals surface area contributed by atoms with Gasteiger partial charge in [0.2, 0.25) is 0 Å². The third-order valence-electron chi connectivity index (χ3n) is 4.01. The molecule has 1 fully saturated rings. The highest BCUT2D eigenvalue weighted by atomic mass is 16.2. The van der Waals surface area contributed by atoms with Gasteiger partial charge in [0.15, 0.2) is 0 Å². The fraction of sp³-hybridized carbons (Fsp3) is 0.562. The van der Waals surface area contributed by atoms with Gasteiger partial charge in [-0.15, -0.1) is 0 Å². The summed E-state index contributed by atoms with van der Waals surface area (Å²) in [5, 5.41) is 0. The fourth-order valence-electron chi connectivity index (χ4n) is 2.90. The molecule has 0 spiro atoms. The maximum absolute atomic E-state index is 12.6. The average Bonchev–Trinajstić information content (AvgIpc) is 2.39. The molecule has 1 heterocycles. The van der Waals surface area contributed by atoms with Gasteiger partial charge in [0, 0.05) is 18.2 Å². The number of rotatable bonds is 3. The molecule has 3 heteroatoms. The molecule has 1 aliphatic rings. The Bertz CT molecular complexity index is 444. The van der Waals surface area contributed by atoms with Crippen molar-refractivity contribution in [3.05, 3.63) is 35.4 Å². The van der Waals surface area contributed by atoms with Gasteiger partial charge < -0.3 is 10.6 Å². The van der Waals surface area contributed by atoms with Crippen molar-refractivity contribution in [2.24, 2.45) is 11.7 Å². The molecule has 1 amide bonds. The molecule has 2 atom stereocenters. The Balaban J connectivity index is 2.12. The lowest BCUT2D eigenvalue weighted by Gasteiger charge is -2.36. The Labute approximate surface area is 115 Å². The van der Waals surface area contributed by atoms with Gasteiger partial charge in [-0.3, -0.25) is 4.79 Å². The lowest BCUT2D eigenvalue weighted by molar-refractivity contribution is 0.0588. The van der Waals surface area contributed by atoms with Crippen LogP contribution in [0.15, 0.2) is 24.3 Å². The second-order valence-corrected chi connectivity index (χ2v) is 5.72. The molecule has 1 aliphatic heterocycles. The maximum Gasteiger partial charge on any atom is 0.254 e. The summed E-state index contributed by atoms with van der Waals surface area (Å²) in [6.07, 6.45) is 3.04. The number of likely N-dealkylation sites (tertiary alicyclic amines) is 1. The third kappa shape index (κ3) is 3.35. The first-order chi connectivity index (χ1) is 9.11. The number of carbonyl (C=O) groups is 1. The molecule has 104 valence electrons. The first-order valence-corrected chi connectivity index (χ1v) is 7.21. The lowest BCUT2D eigenvalue weighted by Crippen LogP contribution is -2.44. The molecule has 0 bridgehead atoms. The molecule has 3 nitrogen and oxygen atoms in total. The zero-order chi connectivity index (χ0) is 13.8. The predicted octanol–water partition coefficient (Wildman–Crippen LogP) is 2.45. The summed E-state index contributed by atoms with van der Waals surface area (Å²) >= 11 is 0. The van der Waals surface area contributed by atoms with Gasteiger partial charge in [0.05, 0.1) is 0 Å². The molecule has 0 aliphatic carbocycles. The summed E-state index contributed by atoms with van der Waals surface area (Å²) in [7, 11) is 0. The van der Waals surface area contributed by atoms with E-state index in [2.05, 4.69) is 13.8 Å². The molecule has 1 aromatic carbocycles. The zero-order valence-electron chi connectivity index (χ0n) is 11.9. The predicted molar refractivity (Wildman–Crippen MR) is 78.1 cm³/mol. The molecule has 1 aromatic rings. The molecule has 0 radical (unpaired) electrons. The van der Waals surface area contributed by atoms with Gasteiger partial charge in [-0.05, 0) is 56.3 Å². The van der Waals surface area contributed by atoms with Crippen LogP contribution in [-0.4, -0.2) is 29.9 Å². The van der Waals surface area contributed by atoms with E-state index in [9.17, 15) is 4.79 Å². The van der Waals surface area contributed by atoms with Crippen LogP contribution in [0.4, 0.5) is 0 Å². The Morgan fingerprint density at radius 2 is 2.21 bits per heavy atom. The van der Waals surface area contributed by atoms with E-state index in [4.69, 9.17) is 5.73 Å². The number of piperidine rings is 1. The normalized spacial score (nSPS) is 23.4. The topological polar surface area (TPSA) is 46.3 Å². The molecule has 1 saturated heterocycles. The van der Waals surface area contributed by atoms with E-state index in [1.54, 1.807) is 0 Å². The first kappa shape index (κ1) is 14.1. The van der Waals surface area contributed by atoms with Crippen LogP contribution >= 0.6 is 0 Å². The highest BCUT2D eigenvalue weighted by molar-refractivity contribution is 5.94. The molecule has 2 unspecified atom stereocenters. The van der Waals surface area contributed by atoms with Crippen LogP contribution in [0.1, 0.15) is 42.6 Å². The second kappa shape index (κ2) is 6.20. The van der Waals surface area contributed by atoms with Crippen LogP contribution < -0.4 is 5.73 Å². The van der Waals surface area contributed by atoms with E-state index in [0.717, 1.165) is 42.9 Å². The zero-order valence-corrected chi connectivity index (χ0v) is 11.9. The van der Waals surface area contributed by atoms with E-state index >= 15 is 0 Å². The number of amides is 1. The number of hydrogen-bond acceptors (Lipinski definition) is 2. The van der Waals surface area contributed by atoms with Gasteiger partial charge in [-0.2, -0.15) is 0 Å². The van der Waals surface area contributed by atoms with Crippen molar-refractivity contribution >= 4 is 5.91 Å². The molecule has 2 rings (SSSR count). The molecule has 0 aromatic heterocycles. The summed E-state index contributed by atoms with van der Waals surface area (Å²) in [6.45, 7) is 5.91. The van der Waals surface area contributed by atoms with E-state index in [0.29, 0.717) is 12.6 Å². The van der Waals surface area contributed by atoms with Crippen molar-refractivity contribution in [1.82, 2.24) is 4.90 Å². The second-order valence-electron chi connectivity index (χ2n) is 5.72. The number of hydrogen-bond donors (Lipinski definition) is 1. The summed E-state index contributed by atoms with van der Waals surface area (Å²) in [4.78, 5) is 14.6. The van der Waals surface area contributed by atoms with Crippen molar-refractivity contribution in [3.8, 4) is 0 Å². The van der Waals surface area contributed by atoms with E-state index in [-0.39, 0.29) is 5.91 Å². The quantitative estimate of drug-likeness (QED) is 0.907. The van der Waals surface area contributed by atoms with Gasteiger partial charge in [0.25, 0.3) is 5.91 Å². The third-order valence-corrected chi connectivity index (χ3v) is 4.01. The number of nitrogens with two attached hydrogens (primary N) is 1. The number of carbonyl (C=O) groups excluding carboxylic acids is 1. The van der Waals surface area contributed by atoms with Crippen molar-refractivity contribution in [2.75, 3.05) is 13.1 Å². The Morgan fingerprint density at radius 3 is 2.89 bits per heavy atom. The van der Waals surface area contributed by atoms with Crippen molar-refractivity contribution in [2.45, 2.75) is 39.2 Å². The average molecular weight is 260 g/mol. The highest BCUT2D eigenvalue weighted by Gasteiger charge is 2.27. The molecule has 19 heavy (non-hydrogen) atoms. The molecule has 0 saturated carbocycles. The Morgan fingerprint density at radius 1 is 1.42 bits per heavy atom. The van der Waals surface area contributed by atoms with Gasteiger partial charge >= 0.3 is 0 Å². The minimum atomic E-state index is 0.165. The van der Waals surface area contributed by atoms with E-state index in [1.165, 1.54) is 0 Å².